The minimum atomic E-state index is -1.18. The molecule has 1 amide bonds. The van der Waals surface area contributed by atoms with Gasteiger partial charge in [0.1, 0.15) is 11.9 Å². The third kappa shape index (κ3) is 5.58. The molecule has 1 aromatic rings. The van der Waals surface area contributed by atoms with Gasteiger partial charge in [0, 0.05) is 11.8 Å². The number of carboxylic acids is 1. The second-order valence-electron chi connectivity index (χ2n) is 18.3. The predicted octanol–water partition coefficient (Wildman–Crippen LogP) is 8.31. The number of aliphatic carboxylic acids is 1. The van der Waals surface area contributed by atoms with Gasteiger partial charge < -0.3 is 15.2 Å². The zero-order chi connectivity index (χ0) is 35.9. The van der Waals surface area contributed by atoms with Gasteiger partial charge in [-0.1, -0.05) is 53.7 Å². The maximum atomic E-state index is 14.7. The second kappa shape index (κ2) is 12.0. The van der Waals surface area contributed by atoms with Crippen LogP contribution in [0, 0.1) is 57.1 Å². The molecular formula is C41H56FNO6. The maximum absolute atomic E-state index is 14.7. The van der Waals surface area contributed by atoms with Crippen molar-refractivity contribution < 1.29 is 33.4 Å². The molecule has 7 nitrogen and oxygen atoms in total. The molecule has 268 valence electrons. The fraction of sp³-hybridized carbons (Fsp3) is 0.707. The van der Waals surface area contributed by atoms with E-state index in [0.717, 1.165) is 56.1 Å². The third-order valence-corrected chi connectivity index (χ3v) is 14.4. The van der Waals surface area contributed by atoms with Crippen LogP contribution < -0.4 is 5.32 Å². The summed E-state index contributed by atoms with van der Waals surface area (Å²) in [6, 6.07) is 6.06. The van der Waals surface area contributed by atoms with Gasteiger partial charge in [0.05, 0.1) is 22.9 Å². The van der Waals surface area contributed by atoms with Gasteiger partial charge >= 0.3 is 11.9 Å². The number of ketones is 1. The first-order valence-corrected chi connectivity index (χ1v) is 18.6. The number of Topliss-reactive ketones (excluding diaryl/α,β-unsaturated/α-hetero) is 1. The van der Waals surface area contributed by atoms with Gasteiger partial charge in [-0.25, -0.2) is 4.39 Å². The van der Waals surface area contributed by atoms with Crippen molar-refractivity contribution in [1.29, 1.82) is 0 Å². The summed E-state index contributed by atoms with van der Waals surface area (Å²) in [5, 5.41) is 12.8. The summed E-state index contributed by atoms with van der Waals surface area (Å²) in [7, 11) is 0. The normalized spacial score (nSPS) is 36.7. The van der Waals surface area contributed by atoms with Crippen molar-refractivity contribution in [1.82, 2.24) is 5.32 Å². The van der Waals surface area contributed by atoms with E-state index in [9.17, 15) is 28.7 Å². The Kier molecular flexibility index (Phi) is 8.79. The zero-order valence-electron chi connectivity index (χ0n) is 30.7. The Bertz CT molecular complexity index is 1590. The lowest BCUT2D eigenvalue weighted by Crippen LogP contribution is -2.64. The van der Waals surface area contributed by atoms with Gasteiger partial charge in [-0.2, -0.15) is 0 Å². The summed E-state index contributed by atoms with van der Waals surface area (Å²) in [5.74, 6) is -0.953. The van der Waals surface area contributed by atoms with Gasteiger partial charge in [0.25, 0.3) is 5.91 Å². The van der Waals surface area contributed by atoms with Crippen LogP contribution in [0.15, 0.2) is 35.4 Å². The maximum Gasteiger partial charge on any atom is 0.309 e. The van der Waals surface area contributed by atoms with Crippen LogP contribution in [0.5, 0.6) is 0 Å². The number of amides is 1. The monoisotopic (exact) mass is 677 g/mol. The fourth-order valence-electron chi connectivity index (χ4n) is 12.2. The van der Waals surface area contributed by atoms with Crippen LogP contribution in [0.2, 0.25) is 0 Å². The summed E-state index contributed by atoms with van der Waals surface area (Å²) in [5.41, 5.74) is -0.122. The smallest absolute Gasteiger partial charge is 0.309 e. The lowest BCUT2D eigenvalue weighted by Gasteiger charge is -2.68. The Balaban J connectivity index is 1.27. The number of ether oxygens (including phenoxy) is 1. The molecule has 5 aliphatic carbocycles. The first-order chi connectivity index (χ1) is 22.8. The topological polar surface area (TPSA) is 110 Å². The number of halogens is 1. The van der Waals surface area contributed by atoms with Crippen LogP contribution in [-0.2, 0) is 19.1 Å². The molecule has 5 aliphatic rings. The number of benzene rings is 1. The zero-order valence-corrected chi connectivity index (χ0v) is 30.7. The lowest BCUT2D eigenvalue weighted by atomic mass is 9.37. The van der Waals surface area contributed by atoms with Gasteiger partial charge in [-0.05, 0) is 129 Å². The lowest BCUT2D eigenvalue weighted by molar-refractivity contribution is -0.213. The van der Waals surface area contributed by atoms with Crippen molar-refractivity contribution in [3.05, 3.63) is 46.8 Å². The van der Waals surface area contributed by atoms with E-state index < -0.39 is 34.6 Å². The first kappa shape index (κ1) is 35.8. The molecule has 8 atom stereocenters. The second-order valence-corrected chi connectivity index (χ2v) is 18.3. The van der Waals surface area contributed by atoms with Crippen molar-refractivity contribution in [3.8, 4) is 0 Å². The highest BCUT2D eigenvalue weighted by molar-refractivity contribution is 6.03. The van der Waals surface area contributed by atoms with Crippen LogP contribution in [0.1, 0.15) is 130 Å². The van der Waals surface area contributed by atoms with E-state index in [4.69, 9.17) is 4.74 Å². The SMILES string of the molecule is CC(C)C1=C2C3CCC4C(C)(CCC5C(C)(C)C(OC(=O)CC(C)(C)C(=O)O)CCC54C)C3CCC2(NC(=O)c2ccccc2F)CC1=O. The highest BCUT2D eigenvalue weighted by atomic mass is 19.1. The van der Waals surface area contributed by atoms with Gasteiger partial charge in [0.2, 0.25) is 0 Å². The summed E-state index contributed by atoms with van der Waals surface area (Å²) in [4.78, 5) is 52.1. The van der Waals surface area contributed by atoms with E-state index in [1.54, 1.807) is 26.0 Å². The molecule has 0 aliphatic heterocycles. The molecule has 6 rings (SSSR count). The van der Waals surface area contributed by atoms with Crippen molar-refractivity contribution in [2.45, 2.75) is 131 Å². The van der Waals surface area contributed by atoms with E-state index in [-0.39, 0.29) is 58.4 Å². The third-order valence-electron chi connectivity index (χ3n) is 14.4. The Labute approximate surface area is 291 Å². The summed E-state index contributed by atoms with van der Waals surface area (Å²) in [6.45, 7) is 16.7. The van der Waals surface area contributed by atoms with Gasteiger partial charge in [0.15, 0.2) is 5.78 Å². The standard InChI is InChI=1S/C41H56FNO6/c1-23(2)33-28(44)21-41(43-35(46)25-11-9-10-12-27(25)42)20-15-26-24(34(33)41)13-14-30-39(26,7)18-16-29-38(5,6)31(17-19-40(29,30)8)49-32(45)22-37(3,4)36(47)48/h9-12,23-24,26,29-31H,13-22H2,1-8H3,(H,43,46)(H,47,48). The number of fused-ring (bicyclic) bond motifs is 7. The van der Waals surface area contributed by atoms with E-state index in [1.807, 2.05) is 0 Å². The molecule has 2 N–H and O–H groups in total. The number of hydrogen-bond donors (Lipinski definition) is 2. The Morgan fingerprint density at radius 3 is 2.29 bits per heavy atom. The molecular weight excluding hydrogens is 621 g/mol. The van der Waals surface area contributed by atoms with Gasteiger partial charge in [-0.3, -0.25) is 19.2 Å². The Morgan fingerprint density at radius 1 is 0.959 bits per heavy atom. The number of carbonyl (C=O) groups excluding carboxylic acids is 3. The summed E-state index contributed by atoms with van der Waals surface area (Å²) < 4.78 is 20.9. The molecule has 1 aromatic carbocycles. The molecule has 8 unspecified atom stereocenters. The fourth-order valence-corrected chi connectivity index (χ4v) is 12.2. The van der Waals surface area contributed by atoms with Crippen LogP contribution in [0.3, 0.4) is 0 Å². The van der Waals surface area contributed by atoms with Crippen molar-refractivity contribution >= 4 is 23.6 Å². The quantitative estimate of drug-likeness (QED) is 0.281. The Morgan fingerprint density at radius 2 is 1.63 bits per heavy atom. The number of esters is 1. The molecule has 0 aromatic heterocycles. The highest BCUT2D eigenvalue weighted by Gasteiger charge is 2.67. The number of carboxylic acid groups (broad SMARTS) is 1. The van der Waals surface area contributed by atoms with Crippen molar-refractivity contribution in [2.75, 3.05) is 0 Å². The van der Waals surface area contributed by atoms with Crippen LogP contribution in [0.25, 0.3) is 0 Å². The summed E-state index contributed by atoms with van der Waals surface area (Å²) in [6.07, 6.45) is 7.13. The van der Waals surface area contributed by atoms with Crippen LogP contribution in [0.4, 0.5) is 4.39 Å². The molecule has 8 heteroatoms. The van der Waals surface area contributed by atoms with E-state index in [0.29, 0.717) is 24.2 Å². The Hall–Kier alpha value is -3.03. The number of nitrogens with one attached hydrogen (secondary N) is 1. The molecule has 49 heavy (non-hydrogen) atoms. The molecule has 0 heterocycles. The van der Waals surface area contributed by atoms with E-state index in [2.05, 4.69) is 46.9 Å². The highest BCUT2D eigenvalue weighted by Crippen LogP contribution is 2.72. The molecule has 0 spiro atoms. The number of carbonyl (C=O) groups is 4. The molecule has 0 saturated heterocycles. The van der Waals surface area contributed by atoms with E-state index >= 15 is 0 Å². The average Bonchev–Trinajstić information content (AvgIpc) is 3.30. The average molecular weight is 678 g/mol. The number of hydrogen-bond acceptors (Lipinski definition) is 5. The largest absolute Gasteiger partial charge is 0.481 e. The van der Waals surface area contributed by atoms with Crippen LogP contribution in [-0.4, -0.2) is 40.4 Å². The van der Waals surface area contributed by atoms with Gasteiger partial charge in [-0.15, -0.1) is 0 Å². The number of allylic oxidation sites excluding steroid dienone is 1. The predicted molar refractivity (Wildman–Crippen MR) is 185 cm³/mol. The molecule has 0 radical (unpaired) electrons. The molecule has 4 saturated carbocycles. The first-order valence-electron chi connectivity index (χ1n) is 18.6. The molecule has 4 fully saturated rings. The van der Waals surface area contributed by atoms with E-state index in [1.165, 1.54) is 12.1 Å². The minimum Gasteiger partial charge on any atom is -0.481 e. The van der Waals surface area contributed by atoms with Crippen LogP contribution >= 0.6 is 0 Å². The number of rotatable bonds is 7. The summed E-state index contributed by atoms with van der Waals surface area (Å²) >= 11 is 0. The molecule has 0 bridgehead atoms. The van der Waals surface area contributed by atoms with Crippen molar-refractivity contribution in [3.63, 3.8) is 0 Å². The van der Waals surface area contributed by atoms with Crippen molar-refractivity contribution in [2.24, 2.45) is 51.2 Å². The minimum absolute atomic E-state index is 0.0141.